The summed E-state index contributed by atoms with van der Waals surface area (Å²) in [6.07, 6.45) is 0.0903. The minimum atomic E-state index is -0.875. The van der Waals surface area contributed by atoms with Gasteiger partial charge >= 0.3 is 5.97 Å². The molecule has 0 fully saturated rings. The molecule has 0 saturated heterocycles. The summed E-state index contributed by atoms with van der Waals surface area (Å²) in [6, 6.07) is 0. The van der Waals surface area contributed by atoms with E-state index in [-0.39, 0.29) is 6.29 Å². The van der Waals surface area contributed by atoms with Gasteiger partial charge in [0.25, 0.3) is 0 Å². The standard InChI is InChI=1S/C2H3O3P/c3-1-2(4)5-6/h1H,6H2. The molecule has 0 bridgehead atoms. The molecule has 3 nitrogen and oxygen atoms in total. The average Bonchev–Trinajstić information content (AvgIpc) is 1.65. The van der Waals surface area contributed by atoms with Gasteiger partial charge in [0.2, 0.25) is 6.29 Å². The van der Waals surface area contributed by atoms with Crippen LogP contribution in [0.4, 0.5) is 0 Å². The Bertz CT molecular complexity index is 69.2. The fraction of sp³-hybridized carbons (Fsp3) is 0. The Hall–Kier alpha value is -0.430. The van der Waals surface area contributed by atoms with E-state index in [0.717, 1.165) is 0 Å². The monoisotopic (exact) mass is 106 g/mol. The summed E-state index contributed by atoms with van der Waals surface area (Å²) >= 11 is 0. The van der Waals surface area contributed by atoms with Gasteiger partial charge in [0.05, 0.1) is 9.47 Å². The Morgan fingerprint density at radius 2 is 2.33 bits per heavy atom. The van der Waals surface area contributed by atoms with E-state index in [1.165, 1.54) is 0 Å². The van der Waals surface area contributed by atoms with Crippen molar-refractivity contribution >= 4 is 21.7 Å². The van der Waals surface area contributed by atoms with E-state index in [4.69, 9.17) is 0 Å². The molecule has 34 valence electrons. The molecule has 1 unspecified atom stereocenters. The van der Waals surface area contributed by atoms with Crippen LogP contribution in [-0.4, -0.2) is 12.3 Å². The van der Waals surface area contributed by atoms with Crippen molar-refractivity contribution in [2.75, 3.05) is 0 Å². The molecule has 0 aliphatic carbocycles. The zero-order valence-corrected chi connectivity index (χ0v) is 4.03. The van der Waals surface area contributed by atoms with Crippen molar-refractivity contribution in [1.29, 1.82) is 0 Å². The van der Waals surface area contributed by atoms with E-state index in [1.54, 1.807) is 9.47 Å². The third-order valence-corrected chi connectivity index (χ3v) is 0.445. The first-order chi connectivity index (χ1) is 2.81. The molecule has 0 rings (SSSR count). The largest absolute Gasteiger partial charge is 0.446 e. The van der Waals surface area contributed by atoms with Crippen molar-refractivity contribution in [1.82, 2.24) is 0 Å². The van der Waals surface area contributed by atoms with Gasteiger partial charge in [-0.25, -0.2) is 4.79 Å². The molecule has 0 aliphatic heterocycles. The Morgan fingerprint density at radius 1 is 1.83 bits per heavy atom. The van der Waals surface area contributed by atoms with Crippen LogP contribution >= 0.6 is 9.47 Å². The highest BCUT2D eigenvalue weighted by atomic mass is 31.0. The second kappa shape index (κ2) is 2.79. The summed E-state index contributed by atoms with van der Waals surface area (Å²) in [4.78, 5) is 18.8. The third-order valence-electron chi connectivity index (χ3n) is 0.212. The highest BCUT2D eigenvalue weighted by molar-refractivity contribution is 7.11. The molecule has 0 aliphatic rings. The Labute approximate surface area is 37.0 Å². The van der Waals surface area contributed by atoms with E-state index in [9.17, 15) is 9.59 Å². The SMILES string of the molecule is O=CC(=O)OP. The van der Waals surface area contributed by atoms with Crippen LogP contribution < -0.4 is 0 Å². The number of hydrogen-bond acceptors (Lipinski definition) is 3. The van der Waals surface area contributed by atoms with Crippen molar-refractivity contribution in [3.8, 4) is 0 Å². The minimum Gasteiger partial charge on any atom is -0.446 e. The van der Waals surface area contributed by atoms with Crippen molar-refractivity contribution in [2.45, 2.75) is 0 Å². The molecule has 0 aromatic carbocycles. The molecule has 0 N–H and O–H groups in total. The van der Waals surface area contributed by atoms with Gasteiger partial charge in [-0.15, -0.1) is 0 Å². The highest BCUT2D eigenvalue weighted by Gasteiger charge is 1.88. The zero-order chi connectivity index (χ0) is 4.99. The molecule has 4 heteroatoms. The Morgan fingerprint density at radius 3 is 2.33 bits per heavy atom. The number of carbonyl (C=O) groups excluding carboxylic acids is 2. The van der Waals surface area contributed by atoms with Crippen LogP contribution in [0.5, 0.6) is 0 Å². The van der Waals surface area contributed by atoms with Crippen molar-refractivity contribution < 1.29 is 14.1 Å². The second-order valence-electron chi connectivity index (χ2n) is 0.555. The van der Waals surface area contributed by atoms with Gasteiger partial charge in [-0.1, -0.05) is 0 Å². The fourth-order valence-corrected chi connectivity index (χ4v) is 0.0833. The van der Waals surface area contributed by atoms with E-state index < -0.39 is 5.97 Å². The van der Waals surface area contributed by atoms with Crippen LogP contribution in [0.3, 0.4) is 0 Å². The van der Waals surface area contributed by atoms with Gasteiger partial charge in [0, 0.05) is 0 Å². The first-order valence-corrected chi connectivity index (χ1v) is 1.64. The number of rotatable bonds is 1. The average molecular weight is 106 g/mol. The van der Waals surface area contributed by atoms with Gasteiger partial charge in [-0.05, 0) is 0 Å². The van der Waals surface area contributed by atoms with Crippen LogP contribution in [0.2, 0.25) is 0 Å². The molecule has 0 radical (unpaired) electrons. The van der Waals surface area contributed by atoms with Gasteiger partial charge in [-0.2, -0.15) is 0 Å². The van der Waals surface area contributed by atoms with Crippen LogP contribution in [0.1, 0.15) is 0 Å². The lowest BCUT2D eigenvalue weighted by atomic mass is 10.8. The predicted molar refractivity (Wildman–Crippen MR) is 21.9 cm³/mol. The first-order valence-electron chi connectivity index (χ1n) is 1.17. The van der Waals surface area contributed by atoms with Crippen LogP contribution in [0, 0.1) is 0 Å². The Balaban J connectivity index is 3.23. The van der Waals surface area contributed by atoms with Crippen molar-refractivity contribution in [3.05, 3.63) is 0 Å². The van der Waals surface area contributed by atoms with Gasteiger partial charge in [0.15, 0.2) is 0 Å². The maximum Gasteiger partial charge on any atom is 0.373 e. The predicted octanol–water partition coefficient (Wildman–Crippen LogP) is -0.481. The summed E-state index contributed by atoms with van der Waals surface area (Å²) in [6.45, 7) is 0. The number of hydrogen-bond donors (Lipinski definition) is 0. The molecular weight excluding hydrogens is 103 g/mol. The van der Waals surface area contributed by atoms with Crippen molar-refractivity contribution in [3.63, 3.8) is 0 Å². The van der Waals surface area contributed by atoms with Crippen LogP contribution in [0.15, 0.2) is 0 Å². The molecule has 0 saturated carbocycles. The van der Waals surface area contributed by atoms with E-state index in [0.29, 0.717) is 0 Å². The fourth-order valence-electron chi connectivity index (χ4n) is 0.0278. The van der Waals surface area contributed by atoms with Gasteiger partial charge in [-0.3, -0.25) is 4.79 Å². The lowest BCUT2D eigenvalue weighted by Crippen LogP contribution is -1.94. The molecule has 0 aromatic heterocycles. The first kappa shape index (κ1) is 5.57. The molecule has 6 heavy (non-hydrogen) atoms. The van der Waals surface area contributed by atoms with Gasteiger partial charge < -0.3 is 4.52 Å². The summed E-state index contributed by atoms with van der Waals surface area (Å²) < 4.78 is 3.81. The molecule has 1 atom stereocenters. The van der Waals surface area contributed by atoms with Crippen LogP contribution in [0.25, 0.3) is 0 Å². The summed E-state index contributed by atoms with van der Waals surface area (Å²) in [5.74, 6) is -0.875. The molecule has 0 aromatic rings. The summed E-state index contributed by atoms with van der Waals surface area (Å²) in [7, 11) is 1.66. The lowest BCUT2D eigenvalue weighted by molar-refractivity contribution is -0.140. The normalized spacial score (nSPS) is 6.83. The lowest BCUT2D eigenvalue weighted by Gasteiger charge is -1.79. The third kappa shape index (κ3) is 1.85. The molecule has 0 heterocycles. The van der Waals surface area contributed by atoms with E-state index >= 15 is 0 Å². The van der Waals surface area contributed by atoms with Gasteiger partial charge in [0.1, 0.15) is 0 Å². The van der Waals surface area contributed by atoms with E-state index in [1.807, 2.05) is 0 Å². The summed E-state index contributed by atoms with van der Waals surface area (Å²) in [5.41, 5.74) is 0. The number of carbonyl (C=O) groups is 2. The quantitative estimate of drug-likeness (QED) is 0.257. The van der Waals surface area contributed by atoms with E-state index in [2.05, 4.69) is 4.52 Å². The zero-order valence-electron chi connectivity index (χ0n) is 2.88. The second-order valence-corrected chi connectivity index (χ2v) is 0.790. The molecule has 0 amide bonds. The van der Waals surface area contributed by atoms with Crippen molar-refractivity contribution in [2.24, 2.45) is 0 Å². The minimum absolute atomic E-state index is 0.0903. The van der Waals surface area contributed by atoms with Crippen LogP contribution in [-0.2, 0) is 14.1 Å². The highest BCUT2D eigenvalue weighted by Crippen LogP contribution is 1.80. The molecule has 0 spiro atoms. The smallest absolute Gasteiger partial charge is 0.373 e. The molecular formula is C2H3O3P. The summed E-state index contributed by atoms with van der Waals surface area (Å²) in [5, 5.41) is 0. The Kier molecular flexibility index (Phi) is 2.59. The number of aldehydes is 1. The topological polar surface area (TPSA) is 43.4 Å². The maximum atomic E-state index is 9.57. The maximum absolute atomic E-state index is 9.57.